The van der Waals surface area contributed by atoms with Crippen LogP contribution < -0.4 is 5.32 Å². The molecular weight excluding hydrogens is 270 g/mol. The molecule has 4 heteroatoms. The van der Waals surface area contributed by atoms with Gasteiger partial charge in [0.05, 0.1) is 5.69 Å². The molecule has 0 saturated heterocycles. The first-order valence-electron chi connectivity index (χ1n) is 6.84. The molecular formula is C16H22ClN3. The molecule has 0 atom stereocenters. The lowest BCUT2D eigenvalue weighted by molar-refractivity contribution is 0.543. The van der Waals surface area contributed by atoms with Crippen LogP contribution in [0.3, 0.4) is 0 Å². The lowest BCUT2D eigenvalue weighted by Gasteiger charge is -2.17. The fourth-order valence-electron chi connectivity index (χ4n) is 2.24. The summed E-state index contributed by atoms with van der Waals surface area (Å²) in [5, 5.41) is 8.82. The average molecular weight is 292 g/mol. The maximum absolute atomic E-state index is 5.88. The number of nitrogens with zero attached hydrogens (tertiary/aromatic N) is 2. The van der Waals surface area contributed by atoms with E-state index in [0.29, 0.717) is 0 Å². The van der Waals surface area contributed by atoms with Crippen LogP contribution in [0.15, 0.2) is 30.5 Å². The Hall–Kier alpha value is -1.32. The van der Waals surface area contributed by atoms with Gasteiger partial charge in [-0.25, -0.2) is 0 Å². The molecule has 2 aromatic rings. The number of hydrogen-bond acceptors (Lipinski definition) is 2. The molecule has 0 aliphatic heterocycles. The zero-order chi connectivity index (χ0) is 14.8. The molecule has 0 amide bonds. The number of benzene rings is 1. The van der Waals surface area contributed by atoms with E-state index < -0.39 is 0 Å². The van der Waals surface area contributed by atoms with E-state index in [1.54, 1.807) is 0 Å². The number of nitrogens with one attached hydrogen (secondary N) is 1. The highest BCUT2D eigenvalue weighted by Crippen LogP contribution is 2.24. The highest BCUT2D eigenvalue weighted by Gasteiger charge is 2.21. The number of halogens is 1. The summed E-state index contributed by atoms with van der Waals surface area (Å²) in [5.74, 6) is 0. The van der Waals surface area contributed by atoms with Crippen LogP contribution >= 0.6 is 11.6 Å². The van der Waals surface area contributed by atoms with Crippen molar-refractivity contribution in [3.63, 3.8) is 0 Å². The van der Waals surface area contributed by atoms with Crippen LogP contribution in [0.5, 0.6) is 0 Å². The van der Waals surface area contributed by atoms with Crippen molar-refractivity contribution in [1.82, 2.24) is 15.1 Å². The summed E-state index contributed by atoms with van der Waals surface area (Å²) in [6, 6.07) is 7.93. The number of rotatable bonds is 4. The molecule has 3 nitrogen and oxygen atoms in total. The number of aryl methyl sites for hydroxylation is 1. The molecule has 2 rings (SSSR count). The first kappa shape index (κ1) is 15.1. The van der Waals surface area contributed by atoms with Gasteiger partial charge in [0.15, 0.2) is 0 Å². The molecule has 1 aromatic carbocycles. The molecule has 0 bridgehead atoms. The van der Waals surface area contributed by atoms with Gasteiger partial charge in [0.2, 0.25) is 0 Å². The highest BCUT2D eigenvalue weighted by atomic mass is 35.5. The van der Waals surface area contributed by atoms with Gasteiger partial charge in [-0.2, -0.15) is 5.10 Å². The van der Waals surface area contributed by atoms with Gasteiger partial charge in [-0.15, -0.1) is 0 Å². The van der Waals surface area contributed by atoms with Gasteiger partial charge in [-0.05, 0) is 17.7 Å². The Morgan fingerprint density at radius 1 is 1.15 bits per heavy atom. The van der Waals surface area contributed by atoms with E-state index in [-0.39, 0.29) is 5.41 Å². The van der Waals surface area contributed by atoms with Gasteiger partial charge >= 0.3 is 0 Å². The van der Waals surface area contributed by atoms with E-state index in [1.807, 2.05) is 36.0 Å². The highest BCUT2D eigenvalue weighted by molar-refractivity contribution is 6.30. The Morgan fingerprint density at radius 3 is 2.40 bits per heavy atom. The van der Waals surface area contributed by atoms with Crippen LogP contribution in [0, 0.1) is 0 Å². The third-order valence-electron chi connectivity index (χ3n) is 3.17. The third kappa shape index (κ3) is 3.84. The summed E-state index contributed by atoms with van der Waals surface area (Å²) in [7, 11) is 1.97. The first-order valence-corrected chi connectivity index (χ1v) is 7.22. The maximum atomic E-state index is 5.88. The SMILES string of the molecule is Cn1cc(CNCc2ccc(Cl)cc2)c(C(C)(C)C)n1. The zero-order valence-electron chi connectivity index (χ0n) is 12.6. The molecule has 0 fully saturated rings. The summed E-state index contributed by atoms with van der Waals surface area (Å²) in [6.07, 6.45) is 2.09. The number of hydrogen-bond donors (Lipinski definition) is 1. The predicted molar refractivity (Wildman–Crippen MR) is 83.9 cm³/mol. The van der Waals surface area contributed by atoms with Crippen LogP contribution in [0.2, 0.25) is 5.02 Å². The zero-order valence-corrected chi connectivity index (χ0v) is 13.3. The largest absolute Gasteiger partial charge is 0.308 e. The van der Waals surface area contributed by atoms with E-state index in [9.17, 15) is 0 Å². The molecule has 0 spiro atoms. The van der Waals surface area contributed by atoms with Crippen molar-refractivity contribution < 1.29 is 0 Å². The van der Waals surface area contributed by atoms with Gasteiger partial charge < -0.3 is 5.32 Å². The van der Waals surface area contributed by atoms with Gasteiger partial charge in [0, 0.05) is 42.3 Å². The van der Waals surface area contributed by atoms with E-state index in [1.165, 1.54) is 11.1 Å². The summed E-state index contributed by atoms with van der Waals surface area (Å²) in [6.45, 7) is 8.23. The van der Waals surface area contributed by atoms with Gasteiger partial charge in [-0.1, -0.05) is 44.5 Å². The van der Waals surface area contributed by atoms with Crippen molar-refractivity contribution in [3.05, 3.63) is 52.3 Å². The summed E-state index contributed by atoms with van der Waals surface area (Å²) < 4.78 is 1.89. The number of aromatic nitrogens is 2. The topological polar surface area (TPSA) is 29.9 Å². The Kier molecular flexibility index (Phi) is 4.51. The van der Waals surface area contributed by atoms with Crippen molar-refractivity contribution in [3.8, 4) is 0 Å². The monoisotopic (exact) mass is 291 g/mol. The Balaban J connectivity index is 1.99. The van der Waals surface area contributed by atoms with E-state index in [4.69, 9.17) is 11.6 Å². The Morgan fingerprint density at radius 2 is 1.80 bits per heavy atom. The Bertz CT molecular complexity index is 564. The Labute approximate surface area is 126 Å². The molecule has 0 aliphatic rings. The summed E-state index contributed by atoms with van der Waals surface area (Å²) in [5.41, 5.74) is 3.71. The van der Waals surface area contributed by atoms with E-state index >= 15 is 0 Å². The van der Waals surface area contributed by atoms with Crippen molar-refractivity contribution in [2.45, 2.75) is 39.3 Å². The predicted octanol–water partition coefficient (Wildman–Crippen LogP) is 3.66. The molecule has 0 radical (unpaired) electrons. The van der Waals surface area contributed by atoms with Crippen LogP contribution in [-0.4, -0.2) is 9.78 Å². The second kappa shape index (κ2) is 5.98. The standard InChI is InChI=1S/C16H22ClN3/c1-16(2,3)15-13(11-20(4)19-15)10-18-9-12-5-7-14(17)8-6-12/h5-8,11,18H,9-10H2,1-4H3. The van der Waals surface area contributed by atoms with Crippen LogP contribution in [0.1, 0.15) is 37.6 Å². The second-order valence-corrected chi connectivity index (χ2v) is 6.59. The molecule has 0 unspecified atom stereocenters. The molecule has 0 saturated carbocycles. The fraction of sp³-hybridized carbons (Fsp3) is 0.438. The quantitative estimate of drug-likeness (QED) is 0.932. The minimum Gasteiger partial charge on any atom is -0.308 e. The molecule has 0 aliphatic carbocycles. The second-order valence-electron chi connectivity index (χ2n) is 6.16. The first-order chi connectivity index (χ1) is 9.36. The van der Waals surface area contributed by atoms with Crippen molar-refractivity contribution in [1.29, 1.82) is 0 Å². The molecule has 108 valence electrons. The van der Waals surface area contributed by atoms with Gasteiger partial charge in [-0.3, -0.25) is 4.68 Å². The van der Waals surface area contributed by atoms with Gasteiger partial charge in [0.25, 0.3) is 0 Å². The van der Waals surface area contributed by atoms with Crippen molar-refractivity contribution in [2.75, 3.05) is 0 Å². The summed E-state index contributed by atoms with van der Waals surface area (Å²) in [4.78, 5) is 0. The normalized spacial score (nSPS) is 11.8. The fourth-order valence-corrected chi connectivity index (χ4v) is 2.37. The summed E-state index contributed by atoms with van der Waals surface area (Å²) >= 11 is 5.88. The van der Waals surface area contributed by atoms with Gasteiger partial charge in [0.1, 0.15) is 0 Å². The third-order valence-corrected chi connectivity index (χ3v) is 3.42. The molecule has 1 N–H and O–H groups in total. The average Bonchev–Trinajstić information content (AvgIpc) is 2.73. The lowest BCUT2D eigenvalue weighted by Crippen LogP contribution is -2.19. The molecule has 1 heterocycles. The van der Waals surface area contributed by atoms with Crippen molar-refractivity contribution in [2.24, 2.45) is 7.05 Å². The maximum Gasteiger partial charge on any atom is 0.0722 e. The van der Waals surface area contributed by atoms with Crippen molar-refractivity contribution >= 4 is 11.6 Å². The smallest absolute Gasteiger partial charge is 0.0722 e. The molecule has 20 heavy (non-hydrogen) atoms. The minimum atomic E-state index is 0.0680. The van der Waals surface area contributed by atoms with Crippen LogP contribution in [0.25, 0.3) is 0 Å². The van der Waals surface area contributed by atoms with E-state index in [0.717, 1.165) is 23.8 Å². The lowest BCUT2D eigenvalue weighted by atomic mass is 9.89. The van der Waals surface area contributed by atoms with Crippen LogP contribution in [0.4, 0.5) is 0 Å². The van der Waals surface area contributed by atoms with E-state index in [2.05, 4.69) is 37.4 Å². The van der Waals surface area contributed by atoms with Crippen LogP contribution in [-0.2, 0) is 25.6 Å². The molecule has 1 aromatic heterocycles. The minimum absolute atomic E-state index is 0.0680.